The second-order valence-electron chi connectivity index (χ2n) is 4.07. The summed E-state index contributed by atoms with van der Waals surface area (Å²) in [5.74, 6) is 0.126. The highest BCUT2D eigenvalue weighted by Gasteiger charge is 2.10. The smallest absolute Gasteiger partial charge is 0.252 e. The Morgan fingerprint density at radius 1 is 1.32 bits per heavy atom. The lowest BCUT2D eigenvalue weighted by Crippen LogP contribution is -2.12. The maximum absolute atomic E-state index is 11.2. The molecule has 0 saturated carbocycles. The van der Waals surface area contributed by atoms with Crippen LogP contribution in [0, 0.1) is 0 Å². The number of amides is 1. The molecule has 0 bridgehead atoms. The molecule has 0 aliphatic carbocycles. The van der Waals surface area contributed by atoms with Crippen LogP contribution in [0.5, 0.6) is 11.6 Å². The molecule has 1 aromatic carbocycles. The number of carbonyl (C=O) groups excluding carboxylic acids is 1. The summed E-state index contributed by atoms with van der Waals surface area (Å²) in [7, 11) is 0. The van der Waals surface area contributed by atoms with Gasteiger partial charge in [-0.1, -0.05) is 12.1 Å². The number of nitrogens with two attached hydrogens (primary N) is 1. The highest BCUT2D eigenvalue weighted by atomic mass is 16.5. The van der Waals surface area contributed by atoms with Crippen LogP contribution in [0.15, 0.2) is 42.6 Å². The van der Waals surface area contributed by atoms with E-state index in [0.717, 1.165) is 0 Å². The maximum Gasteiger partial charge on any atom is 0.252 e. The first-order valence-electron chi connectivity index (χ1n) is 5.78. The van der Waals surface area contributed by atoms with Crippen molar-refractivity contribution in [1.82, 2.24) is 4.98 Å². The Labute approximate surface area is 110 Å². The molecule has 19 heavy (non-hydrogen) atoms. The molecule has 0 fully saturated rings. The second kappa shape index (κ2) is 5.49. The van der Waals surface area contributed by atoms with Crippen molar-refractivity contribution < 1.29 is 14.6 Å². The normalized spacial score (nSPS) is 11.9. The van der Waals surface area contributed by atoms with Gasteiger partial charge in [0.15, 0.2) is 0 Å². The Morgan fingerprint density at radius 3 is 2.63 bits per heavy atom. The summed E-state index contributed by atoms with van der Waals surface area (Å²) in [6.07, 6.45) is 0.937. The van der Waals surface area contributed by atoms with Gasteiger partial charge in [0.05, 0.1) is 11.7 Å². The third kappa shape index (κ3) is 3.08. The number of rotatable bonds is 4. The van der Waals surface area contributed by atoms with E-state index in [1.807, 2.05) is 0 Å². The number of ether oxygens (including phenoxy) is 1. The van der Waals surface area contributed by atoms with Crippen LogP contribution in [0.4, 0.5) is 0 Å². The molecule has 2 aromatic rings. The fourth-order valence-corrected chi connectivity index (χ4v) is 1.57. The SMILES string of the molecule is C[C@@H](O)c1ccc(Oc2ccccc2C(N)=O)nc1. The number of primary amides is 1. The number of benzene rings is 1. The number of hydrogen-bond donors (Lipinski definition) is 2. The van der Waals surface area contributed by atoms with Crippen molar-refractivity contribution >= 4 is 5.91 Å². The number of carbonyl (C=O) groups is 1. The van der Waals surface area contributed by atoms with Crippen molar-refractivity contribution in [3.05, 3.63) is 53.7 Å². The van der Waals surface area contributed by atoms with Gasteiger partial charge in [-0.05, 0) is 30.7 Å². The Balaban J connectivity index is 2.24. The predicted molar refractivity (Wildman–Crippen MR) is 69.9 cm³/mol. The van der Waals surface area contributed by atoms with E-state index in [1.54, 1.807) is 43.3 Å². The van der Waals surface area contributed by atoms with Gasteiger partial charge in [0, 0.05) is 12.3 Å². The summed E-state index contributed by atoms with van der Waals surface area (Å²) < 4.78 is 5.51. The third-order valence-corrected chi connectivity index (χ3v) is 2.61. The minimum atomic E-state index is -0.584. The molecule has 1 heterocycles. The predicted octanol–water partition coefficient (Wildman–Crippen LogP) is 2.03. The Hall–Kier alpha value is -2.40. The third-order valence-electron chi connectivity index (χ3n) is 2.61. The van der Waals surface area contributed by atoms with Gasteiger partial charge in [-0.15, -0.1) is 0 Å². The highest BCUT2D eigenvalue weighted by molar-refractivity contribution is 5.95. The van der Waals surface area contributed by atoms with Gasteiger partial charge in [-0.25, -0.2) is 4.98 Å². The number of aliphatic hydroxyl groups excluding tert-OH is 1. The van der Waals surface area contributed by atoms with Crippen LogP contribution in [0.1, 0.15) is 28.9 Å². The van der Waals surface area contributed by atoms with E-state index in [9.17, 15) is 9.90 Å². The molecule has 0 saturated heterocycles. The summed E-state index contributed by atoms with van der Waals surface area (Å²) in [6, 6.07) is 10.0. The van der Waals surface area contributed by atoms with Crippen molar-refractivity contribution in [2.45, 2.75) is 13.0 Å². The van der Waals surface area contributed by atoms with Crippen LogP contribution in [0.2, 0.25) is 0 Å². The molecule has 98 valence electrons. The van der Waals surface area contributed by atoms with E-state index in [0.29, 0.717) is 22.8 Å². The molecule has 0 radical (unpaired) electrons. The van der Waals surface area contributed by atoms with Crippen molar-refractivity contribution in [3.8, 4) is 11.6 Å². The Kier molecular flexibility index (Phi) is 3.77. The van der Waals surface area contributed by atoms with Gasteiger partial charge in [0.1, 0.15) is 5.75 Å². The van der Waals surface area contributed by atoms with Crippen LogP contribution < -0.4 is 10.5 Å². The van der Waals surface area contributed by atoms with E-state index in [-0.39, 0.29) is 0 Å². The van der Waals surface area contributed by atoms with E-state index in [4.69, 9.17) is 10.5 Å². The molecule has 0 unspecified atom stereocenters. The maximum atomic E-state index is 11.2. The van der Waals surface area contributed by atoms with E-state index < -0.39 is 12.0 Å². The summed E-state index contributed by atoms with van der Waals surface area (Å²) in [4.78, 5) is 15.3. The van der Waals surface area contributed by atoms with Gasteiger partial charge >= 0.3 is 0 Å². The van der Waals surface area contributed by atoms with Gasteiger partial charge in [-0.2, -0.15) is 0 Å². The van der Waals surface area contributed by atoms with Crippen LogP contribution in [-0.4, -0.2) is 16.0 Å². The van der Waals surface area contributed by atoms with Crippen molar-refractivity contribution in [2.75, 3.05) is 0 Å². The van der Waals surface area contributed by atoms with Crippen LogP contribution in [-0.2, 0) is 0 Å². The molecule has 5 nitrogen and oxygen atoms in total. The minimum Gasteiger partial charge on any atom is -0.438 e. The topological polar surface area (TPSA) is 85.4 Å². The minimum absolute atomic E-state index is 0.295. The number of aliphatic hydroxyl groups is 1. The van der Waals surface area contributed by atoms with E-state index >= 15 is 0 Å². The van der Waals surface area contributed by atoms with E-state index in [1.165, 1.54) is 6.20 Å². The molecule has 0 aliphatic rings. The molecule has 1 aromatic heterocycles. The Bertz CT molecular complexity index is 579. The van der Waals surface area contributed by atoms with E-state index in [2.05, 4.69) is 4.98 Å². The summed E-state index contributed by atoms with van der Waals surface area (Å²) in [6.45, 7) is 1.65. The zero-order chi connectivity index (χ0) is 13.8. The number of para-hydroxylation sites is 1. The molecule has 2 rings (SSSR count). The van der Waals surface area contributed by atoms with Crippen LogP contribution in [0.25, 0.3) is 0 Å². The number of nitrogens with zero attached hydrogens (tertiary/aromatic N) is 1. The summed E-state index contributed by atoms with van der Waals surface area (Å²) >= 11 is 0. The molecule has 0 aliphatic heterocycles. The standard InChI is InChI=1S/C14H14N2O3/c1-9(17)10-6-7-13(16-8-10)19-12-5-3-2-4-11(12)14(15)18/h2-9,17H,1H3,(H2,15,18)/t9-/m1/s1. The first kappa shape index (κ1) is 13.0. The number of hydrogen-bond acceptors (Lipinski definition) is 4. The molecule has 1 amide bonds. The zero-order valence-electron chi connectivity index (χ0n) is 10.4. The fraction of sp³-hybridized carbons (Fsp3) is 0.143. The lowest BCUT2D eigenvalue weighted by Gasteiger charge is -2.09. The van der Waals surface area contributed by atoms with Crippen molar-refractivity contribution in [1.29, 1.82) is 0 Å². The van der Waals surface area contributed by atoms with Gasteiger partial charge in [0.25, 0.3) is 5.91 Å². The first-order valence-corrected chi connectivity index (χ1v) is 5.78. The molecule has 0 spiro atoms. The monoisotopic (exact) mass is 258 g/mol. The second-order valence-corrected chi connectivity index (χ2v) is 4.07. The average molecular weight is 258 g/mol. The molecular weight excluding hydrogens is 244 g/mol. The number of pyridine rings is 1. The molecular formula is C14H14N2O3. The van der Waals surface area contributed by atoms with Gasteiger partial charge in [0.2, 0.25) is 5.88 Å². The lowest BCUT2D eigenvalue weighted by atomic mass is 10.2. The lowest BCUT2D eigenvalue weighted by molar-refractivity contribution is 0.0998. The van der Waals surface area contributed by atoms with Gasteiger partial charge < -0.3 is 15.6 Å². The first-order chi connectivity index (χ1) is 9.08. The Morgan fingerprint density at radius 2 is 2.05 bits per heavy atom. The largest absolute Gasteiger partial charge is 0.438 e. The molecule has 5 heteroatoms. The van der Waals surface area contributed by atoms with Crippen molar-refractivity contribution in [2.24, 2.45) is 5.73 Å². The average Bonchev–Trinajstić information content (AvgIpc) is 2.39. The van der Waals surface area contributed by atoms with Crippen LogP contribution in [0.3, 0.4) is 0 Å². The van der Waals surface area contributed by atoms with Crippen LogP contribution >= 0.6 is 0 Å². The van der Waals surface area contributed by atoms with Crippen molar-refractivity contribution in [3.63, 3.8) is 0 Å². The quantitative estimate of drug-likeness (QED) is 0.878. The summed E-state index contributed by atoms with van der Waals surface area (Å²) in [5.41, 5.74) is 6.25. The highest BCUT2D eigenvalue weighted by Crippen LogP contribution is 2.24. The zero-order valence-corrected chi connectivity index (χ0v) is 10.4. The molecule has 3 N–H and O–H groups in total. The summed E-state index contributed by atoms with van der Waals surface area (Å²) in [5, 5.41) is 9.38. The number of aromatic nitrogens is 1. The molecule has 1 atom stereocenters. The van der Waals surface area contributed by atoms with Gasteiger partial charge in [-0.3, -0.25) is 4.79 Å². The fourth-order valence-electron chi connectivity index (χ4n) is 1.57.